The van der Waals surface area contributed by atoms with E-state index in [0.717, 1.165) is 31.8 Å². The van der Waals surface area contributed by atoms with Gasteiger partial charge in [0.2, 0.25) is 0 Å². The quantitative estimate of drug-likeness (QED) is 0.377. The number of benzene rings is 1. The third kappa shape index (κ3) is 3.09. The molecule has 111 valence electrons. The zero-order valence-corrected chi connectivity index (χ0v) is 17.1. The van der Waals surface area contributed by atoms with E-state index in [0.29, 0.717) is 23.0 Å². The molecule has 0 spiro atoms. The topological polar surface area (TPSA) is 12.9 Å². The number of aromatic nitrogens is 1. The van der Waals surface area contributed by atoms with Crippen molar-refractivity contribution in [2.75, 3.05) is 0 Å². The third-order valence-corrected chi connectivity index (χ3v) is 5.11. The van der Waals surface area contributed by atoms with Crippen molar-refractivity contribution in [3.8, 4) is 11.1 Å². The van der Waals surface area contributed by atoms with Gasteiger partial charge in [0.25, 0.3) is 0 Å². The Bertz CT molecular complexity index is 800. The fourth-order valence-corrected chi connectivity index (χ4v) is 4.11. The van der Waals surface area contributed by atoms with Crippen LogP contribution >= 0.6 is 34.5 Å². The second-order valence-electron chi connectivity index (χ2n) is 4.68. The van der Waals surface area contributed by atoms with Crippen LogP contribution in [-0.2, 0) is 45.0 Å². The Morgan fingerprint density at radius 3 is 2.45 bits per heavy atom. The monoisotopic (exact) mass is 422 g/mol. The molecule has 3 aromatic rings. The molecule has 0 aliphatic carbocycles. The molecule has 1 aromatic carbocycles. The van der Waals surface area contributed by atoms with E-state index in [2.05, 4.69) is 18.8 Å². The predicted molar refractivity (Wildman–Crippen MR) is 93.1 cm³/mol. The third-order valence-electron chi connectivity index (χ3n) is 3.47. The molecule has 5 heteroatoms. The molecule has 0 saturated heterocycles. The number of alkyl halides is 1. The van der Waals surface area contributed by atoms with E-state index in [-0.39, 0.29) is 32.7 Å². The second-order valence-corrected chi connectivity index (χ2v) is 6.41. The molecule has 0 N–H and O–H groups in total. The first-order chi connectivity index (χ1) is 10.2. The molecule has 0 aliphatic rings. The largest absolute Gasteiger partial charge is 0.355 e. The summed E-state index contributed by atoms with van der Waals surface area (Å²) in [6.07, 6.45) is 0.664. The average molecular weight is 423 g/mol. The standard InChI is InChI=1S/C17H13Cl2NS.Y/c1-3-12-10(2)21-17-15(12)14(11-7-5-4-6-8-11)16(19)13(9-18)20-17;/h4-8H,1-3,9H2;/q-2;. The molecule has 2 heterocycles. The Labute approximate surface area is 169 Å². The van der Waals surface area contributed by atoms with E-state index < -0.39 is 0 Å². The van der Waals surface area contributed by atoms with Crippen molar-refractivity contribution in [3.05, 3.63) is 65.3 Å². The number of hydrogen-bond acceptors (Lipinski definition) is 2. The number of thiophene rings is 1. The van der Waals surface area contributed by atoms with Gasteiger partial charge >= 0.3 is 0 Å². The second kappa shape index (κ2) is 7.64. The summed E-state index contributed by atoms with van der Waals surface area (Å²) in [5.41, 5.74) is 3.88. The summed E-state index contributed by atoms with van der Waals surface area (Å²) >= 11 is 14.2. The Hall–Kier alpha value is -0.116. The number of pyridine rings is 1. The van der Waals surface area contributed by atoms with Crippen molar-refractivity contribution < 1.29 is 32.7 Å². The van der Waals surface area contributed by atoms with Crippen LogP contribution in [0.3, 0.4) is 0 Å². The minimum Gasteiger partial charge on any atom is -0.355 e. The summed E-state index contributed by atoms with van der Waals surface area (Å²) < 4.78 is 0. The maximum Gasteiger partial charge on any atom is 0.104 e. The van der Waals surface area contributed by atoms with Crippen LogP contribution in [0.15, 0.2) is 30.3 Å². The van der Waals surface area contributed by atoms with Crippen LogP contribution in [-0.4, -0.2) is 4.98 Å². The van der Waals surface area contributed by atoms with Crippen molar-refractivity contribution in [1.29, 1.82) is 0 Å². The first-order valence-corrected chi connectivity index (χ1v) is 8.26. The molecule has 1 nitrogen and oxygen atoms in total. The van der Waals surface area contributed by atoms with Crippen molar-refractivity contribution >= 4 is 44.8 Å². The zero-order chi connectivity index (χ0) is 15.0. The van der Waals surface area contributed by atoms with Gasteiger partial charge in [-0.2, -0.15) is 16.9 Å². The number of hydrogen-bond donors (Lipinski definition) is 0. The molecule has 0 atom stereocenters. The van der Waals surface area contributed by atoms with Crippen LogP contribution in [0.5, 0.6) is 0 Å². The number of halogens is 2. The smallest absolute Gasteiger partial charge is 0.104 e. The Morgan fingerprint density at radius 1 is 1.18 bits per heavy atom. The van der Waals surface area contributed by atoms with E-state index in [1.165, 1.54) is 0 Å². The summed E-state index contributed by atoms with van der Waals surface area (Å²) in [6.45, 7) is 8.13. The van der Waals surface area contributed by atoms with Crippen LogP contribution in [0.4, 0.5) is 0 Å². The van der Waals surface area contributed by atoms with Crippen LogP contribution in [0.2, 0.25) is 5.02 Å². The first kappa shape index (κ1) is 18.2. The van der Waals surface area contributed by atoms with E-state index in [1.807, 2.05) is 30.3 Å². The van der Waals surface area contributed by atoms with E-state index >= 15 is 0 Å². The summed E-state index contributed by atoms with van der Waals surface area (Å²) in [6, 6.07) is 10.1. The van der Waals surface area contributed by atoms with Gasteiger partial charge in [0, 0.05) is 32.7 Å². The number of fused-ring (bicyclic) bond motifs is 1. The normalized spacial score (nSPS) is 10.7. The fourth-order valence-electron chi connectivity index (χ4n) is 2.49. The molecule has 1 radical (unpaired) electrons. The van der Waals surface area contributed by atoms with Crippen LogP contribution in [0.1, 0.15) is 16.1 Å². The van der Waals surface area contributed by atoms with Crippen LogP contribution < -0.4 is 0 Å². The van der Waals surface area contributed by atoms with Gasteiger partial charge in [0.05, 0.1) is 16.6 Å². The molecule has 2 aromatic heterocycles. The van der Waals surface area contributed by atoms with Gasteiger partial charge in [-0.05, 0) is 11.1 Å². The molecule has 22 heavy (non-hydrogen) atoms. The minimum absolute atomic E-state index is 0. The van der Waals surface area contributed by atoms with Gasteiger partial charge in [0.1, 0.15) is 4.83 Å². The number of nitrogens with zero attached hydrogens (tertiary/aromatic N) is 1. The van der Waals surface area contributed by atoms with Crippen molar-refractivity contribution in [2.45, 2.75) is 12.3 Å². The minimum atomic E-state index is 0. The van der Waals surface area contributed by atoms with Crippen molar-refractivity contribution in [1.82, 2.24) is 4.98 Å². The summed E-state index contributed by atoms with van der Waals surface area (Å²) in [4.78, 5) is 6.52. The van der Waals surface area contributed by atoms with E-state index in [1.54, 1.807) is 11.3 Å². The molecule has 0 unspecified atom stereocenters. The fraction of sp³-hybridized carbons (Fsp3) is 0.118. The Balaban J connectivity index is 0.00000176. The van der Waals surface area contributed by atoms with Gasteiger partial charge in [-0.3, -0.25) is 0 Å². The van der Waals surface area contributed by atoms with Gasteiger partial charge in [-0.1, -0.05) is 47.3 Å². The maximum absolute atomic E-state index is 6.58. The van der Waals surface area contributed by atoms with Crippen molar-refractivity contribution in [2.24, 2.45) is 0 Å². The van der Waals surface area contributed by atoms with E-state index in [4.69, 9.17) is 23.2 Å². The average Bonchev–Trinajstić information content (AvgIpc) is 2.82. The van der Waals surface area contributed by atoms with Gasteiger partial charge in [-0.25, -0.2) is 18.3 Å². The molecule has 3 rings (SSSR count). The number of rotatable bonds is 3. The van der Waals surface area contributed by atoms with Gasteiger partial charge in [0.15, 0.2) is 0 Å². The summed E-state index contributed by atoms with van der Waals surface area (Å²) in [5.74, 6) is 0.290. The Morgan fingerprint density at radius 2 is 1.86 bits per heavy atom. The summed E-state index contributed by atoms with van der Waals surface area (Å²) in [5, 5.41) is 1.68. The van der Waals surface area contributed by atoms with Gasteiger partial charge < -0.3 is 6.92 Å². The first-order valence-electron chi connectivity index (χ1n) is 6.53. The molecule has 0 saturated carbocycles. The zero-order valence-electron chi connectivity index (χ0n) is 11.9. The molecular formula is C17H13Cl2NSY-2. The van der Waals surface area contributed by atoms with Gasteiger partial charge in [-0.15, -0.1) is 16.5 Å². The summed E-state index contributed by atoms with van der Waals surface area (Å²) in [7, 11) is 0. The molecule has 0 fully saturated rings. The SMILES string of the molecule is [CH2-]Cc1c([CH2-])sc2nc(CCl)c(Cl)c(-c3ccccc3)c12.[Y]. The molecule has 0 bridgehead atoms. The van der Waals surface area contributed by atoms with Crippen molar-refractivity contribution in [3.63, 3.8) is 0 Å². The van der Waals surface area contributed by atoms with Crippen LogP contribution in [0, 0.1) is 13.8 Å². The predicted octanol–water partition coefficient (Wildman–Crippen LogP) is 5.91. The Kier molecular flexibility index (Phi) is 6.33. The molecule has 0 aliphatic heterocycles. The molecule has 0 amide bonds. The maximum atomic E-state index is 6.58. The van der Waals surface area contributed by atoms with Crippen LogP contribution in [0.25, 0.3) is 21.3 Å². The van der Waals surface area contributed by atoms with E-state index in [9.17, 15) is 0 Å². The molecular weight excluding hydrogens is 410 g/mol.